The van der Waals surface area contributed by atoms with Crippen LogP contribution in [0.5, 0.6) is 0 Å². The highest BCUT2D eigenvalue weighted by Gasteiger charge is 2.96. The normalized spacial score (nSPS) is 16.3. The number of nitrogens with zero attached hydrogens (tertiary/aromatic N) is 1. The average molecular weight is 639 g/mol. The van der Waals surface area contributed by atoms with Crippen LogP contribution >= 0.6 is 0 Å². The smallest absolute Gasteiger partial charge is 0.460 e. The summed E-state index contributed by atoms with van der Waals surface area (Å²) in [7, 11) is -7.48. The van der Waals surface area contributed by atoms with E-state index in [9.17, 15) is 87.8 Å². The summed E-state index contributed by atoms with van der Waals surface area (Å²) in [5.41, 5.74) is 0. The van der Waals surface area contributed by atoms with E-state index in [0.29, 0.717) is 19.9 Å². The molecule has 0 aromatic carbocycles. The molecule has 0 rings (SSSR count). The van der Waals surface area contributed by atoms with Gasteiger partial charge in [0.25, 0.3) is 10.0 Å². The third kappa shape index (κ3) is 5.23. The van der Waals surface area contributed by atoms with Gasteiger partial charge in [0.2, 0.25) is 0 Å². The number of hydrogen-bond acceptors (Lipinski definition) is 4. The maximum atomic E-state index is 14.3. The predicted octanol–water partition coefficient (Wildman–Crippen LogP) is 5.72. The molecule has 0 aliphatic carbocycles. The highest BCUT2D eigenvalue weighted by atomic mass is 32.2. The highest BCUT2D eigenvalue weighted by molar-refractivity contribution is 7.90. The molecule has 0 spiro atoms. The van der Waals surface area contributed by atoms with E-state index in [1.54, 1.807) is 0 Å². The van der Waals surface area contributed by atoms with Gasteiger partial charge in [0, 0.05) is 12.6 Å². The van der Waals surface area contributed by atoms with Gasteiger partial charge in [-0.1, -0.05) is 13.5 Å². The number of ether oxygens (including phenoxy) is 1. The van der Waals surface area contributed by atoms with E-state index in [1.807, 2.05) is 0 Å². The zero-order valence-electron chi connectivity index (χ0n) is 18.7. The van der Waals surface area contributed by atoms with Crippen LogP contribution in [0.1, 0.15) is 13.8 Å². The van der Waals surface area contributed by atoms with Crippen LogP contribution < -0.4 is 0 Å². The lowest BCUT2D eigenvalue weighted by Gasteiger charge is -2.43. The van der Waals surface area contributed by atoms with Gasteiger partial charge in [0.05, 0.1) is 6.04 Å². The largest absolute Gasteiger partial charge is 0.461 e. The molecule has 23 heteroatoms. The van der Waals surface area contributed by atoms with Crippen molar-refractivity contribution in [2.24, 2.45) is 0 Å². The van der Waals surface area contributed by atoms with E-state index in [1.165, 1.54) is 0 Å². The lowest BCUT2D eigenvalue weighted by atomic mass is 9.91. The lowest BCUT2D eigenvalue weighted by molar-refractivity contribution is -0.458. The van der Waals surface area contributed by atoms with Crippen LogP contribution in [-0.4, -0.2) is 84.9 Å². The van der Waals surface area contributed by atoms with Crippen molar-refractivity contribution in [1.29, 1.82) is 0 Å². The maximum absolute atomic E-state index is 14.3. The molecule has 0 aliphatic heterocycles. The summed E-state index contributed by atoms with van der Waals surface area (Å²) in [5, 5.41) is -7.68. The predicted molar refractivity (Wildman–Crippen MR) is 92.6 cm³/mol. The number of halogens is 17. The molecule has 0 aromatic rings. The first-order valence-corrected chi connectivity index (χ1v) is 10.8. The van der Waals surface area contributed by atoms with Crippen molar-refractivity contribution in [3.8, 4) is 0 Å². The van der Waals surface area contributed by atoms with Crippen LogP contribution in [0.2, 0.25) is 0 Å². The molecule has 0 N–H and O–H groups in total. The topological polar surface area (TPSA) is 63.7 Å². The van der Waals surface area contributed by atoms with Gasteiger partial charge in [-0.15, -0.1) is 0 Å². The fraction of sp³-hybridized carbons (Fsp3) is 0.812. The van der Waals surface area contributed by atoms with E-state index >= 15 is 0 Å². The van der Waals surface area contributed by atoms with Crippen molar-refractivity contribution >= 4 is 16.0 Å². The highest BCUT2D eigenvalue weighted by Crippen LogP contribution is 2.64. The zero-order valence-corrected chi connectivity index (χ0v) is 19.5. The van der Waals surface area contributed by atoms with Gasteiger partial charge in [0.1, 0.15) is 6.61 Å². The van der Waals surface area contributed by atoms with Gasteiger partial charge < -0.3 is 4.74 Å². The standard InChI is InChI=1S/C16H14F17NO4S/c1-4-8(35)38-6-7(3)34(5-2)39(36,37)16(32,33)14(27,28)12(23,24)10(19,20)9(17,18)11(21,22)13(25,26)15(29,30)31/h4,7H,1,5-6H2,2-3H3. The molecule has 0 heterocycles. The Labute approximate surface area is 206 Å². The third-order valence-corrected chi connectivity index (χ3v) is 6.90. The van der Waals surface area contributed by atoms with Crippen molar-refractivity contribution < 1.29 is 92.6 Å². The fourth-order valence-electron chi connectivity index (χ4n) is 2.52. The Morgan fingerprint density at radius 3 is 1.38 bits per heavy atom. The molecule has 5 nitrogen and oxygen atoms in total. The number of likely N-dealkylation sites (N-methyl/N-ethyl adjacent to an activating group) is 1. The summed E-state index contributed by atoms with van der Waals surface area (Å²) in [6.45, 7) is 1.02. The Kier molecular flexibility index (Phi) is 9.85. The first-order chi connectivity index (χ1) is 16.8. The average Bonchev–Trinajstić information content (AvgIpc) is 2.75. The van der Waals surface area contributed by atoms with Crippen LogP contribution in [0.4, 0.5) is 74.6 Å². The SMILES string of the molecule is C=CC(=O)OCC(C)N(CC)S(=O)(=O)C(F)(F)C(F)(F)C(F)(F)C(F)(F)C(F)(F)C(F)(F)C(F)(F)C(F)(F)F. The number of esters is 1. The van der Waals surface area contributed by atoms with Crippen molar-refractivity contribution in [2.75, 3.05) is 13.2 Å². The molecule has 1 atom stereocenters. The van der Waals surface area contributed by atoms with Gasteiger partial charge in [-0.05, 0) is 6.92 Å². The van der Waals surface area contributed by atoms with Crippen LogP contribution in [0, 0.1) is 0 Å². The lowest BCUT2D eigenvalue weighted by Crippen LogP contribution is -2.75. The Balaban J connectivity index is 6.95. The summed E-state index contributed by atoms with van der Waals surface area (Å²) in [5.74, 6) is -53.4. The van der Waals surface area contributed by atoms with Crippen molar-refractivity contribution in [2.45, 2.75) is 66.9 Å². The molecule has 0 aliphatic rings. The number of carbonyl (C=O) groups excluding carboxylic acids is 1. The first-order valence-electron chi connectivity index (χ1n) is 9.34. The fourth-order valence-corrected chi connectivity index (χ4v) is 4.14. The van der Waals surface area contributed by atoms with Crippen molar-refractivity contribution in [3.05, 3.63) is 12.7 Å². The second kappa shape index (κ2) is 10.4. The molecule has 0 radical (unpaired) electrons. The molecule has 1 unspecified atom stereocenters. The van der Waals surface area contributed by atoms with E-state index in [0.717, 1.165) is 0 Å². The Morgan fingerprint density at radius 1 is 0.744 bits per heavy atom. The Morgan fingerprint density at radius 2 is 1.08 bits per heavy atom. The van der Waals surface area contributed by atoms with Gasteiger partial charge in [-0.3, -0.25) is 0 Å². The van der Waals surface area contributed by atoms with Gasteiger partial charge in [-0.2, -0.15) is 78.9 Å². The minimum atomic E-state index is -8.91. The van der Waals surface area contributed by atoms with Gasteiger partial charge >= 0.3 is 52.9 Å². The van der Waals surface area contributed by atoms with Crippen LogP contribution in [0.15, 0.2) is 12.7 Å². The second-order valence-electron chi connectivity index (χ2n) is 7.35. The van der Waals surface area contributed by atoms with Gasteiger partial charge in [0.15, 0.2) is 0 Å². The number of rotatable bonds is 13. The van der Waals surface area contributed by atoms with Crippen LogP contribution in [-0.2, 0) is 19.6 Å². The molecule has 0 saturated heterocycles. The molecular weight excluding hydrogens is 625 g/mol. The molecule has 0 fully saturated rings. The minimum absolute atomic E-state index is 0.390. The number of alkyl halides is 17. The molecule has 0 bridgehead atoms. The minimum Gasteiger partial charge on any atom is -0.461 e. The molecule has 0 saturated carbocycles. The van der Waals surface area contributed by atoms with E-state index in [-0.39, 0.29) is 0 Å². The molecular formula is C16H14F17NO4S. The summed E-state index contributed by atoms with van der Waals surface area (Å²) < 4.78 is 255. The van der Waals surface area contributed by atoms with Crippen LogP contribution in [0.3, 0.4) is 0 Å². The summed E-state index contributed by atoms with van der Waals surface area (Å²) >= 11 is 0. The van der Waals surface area contributed by atoms with E-state index in [4.69, 9.17) is 0 Å². The van der Waals surface area contributed by atoms with Crippen molar-refractivity contribution in [3.63, 3.8) is 0 Å². The van der Waals surface area contributed by atoms with E-state index in [2.05, 4.69) is 11.3 Å². The Bertz CT molecular complexity index is 1020. The van der Waals surface area contributed by atoms with Gasteiger partial charge in [-0.25, -0.2) is 13.2 Å². The van der Waals surface area contributed by atoms with E-state index < -0.39 is 86.5 Å². The Hall–Kier alpha value is -2.07. The first kappa shape index (κ1) is 36.9. The number of carbonyl (C=O) groups is 1. The zero-order chi connectivity index (χ0) is 32.1. The summed E-state index contributed by atoms with van der Waals surface area (Å²) in [6, 6.07) is -2.24. The molecule has 0 aromatic heterocycles. The second-order valence-corrected chi connectivity index (χ2v) is 9.28. The number of hydrogen-bond donors (Lipinski definition) is 0. The summed E-state index contributed by atoms with van der Waals surface area (Å²) in [4.78, 5) is 11.0. The maximum Gasteiger partial charge on any atom is 0.460 e. The molecule has 232 valence electrons. The molecule has 39 heavy (non-hydrogen) atoms. The third-order valence-electron chi connectivity index (χ3n) is 4.76. The quantitative estimate of drug-likeness (QED) is 0.147. The summed E-state index contributed by atoms with van der Waals surface area (Å²) in [6.07, 6.45) is -7.52. The monoisotopic (exact) mass is 639 g/mol. The van der Waals surface area contributed by atoms with Crippen LogP contribution in [0.25, 0.3) is 0 Å². The van der Waals surface area contributed by atoms with Crippen molar-refractivity contribution in [1.82, 2.24) is 4.31 Å². The number of sulfonamides is 1. The molecule has 0 amide bonds.